The molecule has 0 aromatic carbocycles. The Morgan fingerprint density at radius 2 is 2.33 bits per heavy atom. The molecule has 1 aliphatic rings. The van der Waals surface area contributed by atoms with Crippen molar-refractivity contribution in [2.24, 2.45) is 5.92 Å². The first-order valence-corrected chi connectivity index (χ1v) is 5.54. The molecule has 0 bridgehead atoms. The highest BCUT2D eigenvalue weighted by molar-refractivity contribution is 5.53. The minimum Gasteiger partial charge on any atom is -0.303 e. The molecule has 0 amide bonds. The van der Waals surface area contributed by atoms with E-state index in [1.165, 1.54) is 5.56 Å². The molecule has 15 heavy (non-hydrogen) atoms. The van der Waals surface area contributed by atoms with Crippen LogP contribution >= 0.6 is 0 Å². The van der Waals surface area contributed by atoms with E-state index in [-0.39, 0.29) is 0 Å². The Labute approximate surface area is 89.7 Å². The summed E-state index contributed by atoms with van der Waals surface area (Å²) in [6, 6.07) is 0. The van der Waals surface area contributed by atoms with Crippen LogP contribution in [0.15, 0.2) is 12.4 Å². The lowest BCUT2D eigenvalue weighted by Crippen LogP contribution is -2.35. The zero-order valence-electron chi connectivity index (χ0n) is 8.85. The fraction of sp³-hybridized carbons (Fsp3) is 0.636. The Balaban J connectivity index is 1.71. The van der Waals surface area contributed by atoms with Gasteiger partial charge in [0, 0.05) is 18.7 Å². The van der Waals surface area contributed by atoms with Crippen LogP contribution in [-0.2, 0) is 11.2 Å². The van der Waals surface area contributed by atoms with Crippen molar-refractivity contribution in [3.05, 3.63) is 18.0 Å². The maximum Gasteiger partial charge on any atom is 0.123 e. The van der Waals surface area contributed by atoms with Gasteiger partial charge in [-0.2, -0.15) is 5.10 Å². The number of hydrogen-bond acceptors (Lipinski definition) is 3. The third-order valence-electron chi connectivity index (χ3n) is 3.10. The summed E-state index contributed by atoms with van der Waals surface area (Å²) in [7, 11) is 0. The van der Waals surface area contributed by atoms with Crippen LogP contribution in [-0.4, -0.2) is 41.0 Å². The van der Waals surface area contributed by atoms with E-state index in [1.54, 1.807) is 0 Å². The number of hydrogen-bond donors (Lipinski definition) is 1. The first kappa shape index (κ1) is 10.4. The lowest BCUT2D eigenvalue weighted by atomic mass is 9.98. The van der Waals surface area contributed by atoms with Gasteiger partial charge in [-0.15, -0.1) is 0 Å². The zero-order valence-corrected chi connectivity index (χ0v) is 8.85. The Morgan fingerprint density at radius 1 is 1.53 bits per heavy atom. The van der Waals surface area contributed by atoms with Crippen molar-refractivity contribution in [1.82, 2.24) is 15.1 Å². The lowest BCUT2D eigenvalue weighted by Gasteiger charge is -2.29. The van der Waals surface area contributed by atoms with E-state index in [4.69, 9.17) is 0 Å². The van der Waals surface area contributed by atoms with Crippen molar-refractivity contribution in [3.8, 4) is 0 Å². The molecule has 0 atom stereocenters. The second kappa shape index (κ2) is 5.07. The molecule has 2 rings (SSSR count). The summed E-state index contributed by atoms with van der Waals surface area (Å²) in [5, 5.41) is 6.74. The van der Waals surface area contributed by atoms with E-state index >= 15 is 0 Å². The van der Waals surface area contributed by atoms with E-state index in [1.807, 2.05) is 12.4 Å². The number of aromatic nitrogens is 2. The first-order valence-electron chi connectivity index (χ1n) is 5.54. The standard InChI is InChI=1S/C11H17N3O/c15-9-10-1-4-14(5-2-10)6-3-11-7-12-13-8-11/h7-10H,1-6H2,(H,12,13). The molecule has 1 aromatic heterocycles. The number of likely N-dealkylation sites (tertiary alicyclic amines) is 1. The molecule has 0 saturated carbocycles. The van der Waals surface area contributed by atoms with Gasteiger partial charge < -0.3 is 9.69 Å². The van der Waals surface area contributed by atoms with Gasteiger partial charge in [-0.05, 0) is 37.9 Å². The van der Waals surface area contributed by atoms with Gasteiger partial charge in [0.2, 0.25) is 0 Å². The summed E-state index contributed by atoms with van der Waals surface area (Å²) in [5.74, 6) is 0.301. The van der Waals surface area contributed by atoms with Crippen molar-refractivity contribution in [2.75, 3.05) is 19.6 Å². The SMILES string of the molecule is O=CC1CCN(CCc2cn[nH]c2)CC1. The number of rotatable bonds is 4. The molecule has 0 unspecified atom stereocenters. The van der Waals surface area contributed by atoms with Gasteiger partial charge in [0.1, 0.15) is 6.29 Å². The molecule has 82 valence electrons. The number of aromatic amines is 1. The number of nitrogens with zero attached hydrogens (tertiary/aromatic N) is 2. The second-order valence-corrected chi connectivity index (χ2v) is 4.17. The van der Waals surface area contributed by atoms with E-state index in [0.717, 1.165) is 45.2 Å². The molecule has 1 aromatic rings. The zero-order chi connectivity index (χ0) is 10.5. The van der Waals surface area contributed by atoms with Gasteiger partial charge in [0.05, 0.1) is 6.20 Å². The van der Waals surface area contributed by atoms with E-state index in [2.05, 4.69) is 15.1 Å². The Kier molecular flexibility index (Phi) is 3.50. The summed E-state index contributed by atoms with van der Waals surface area (Å²) in [4.78, 5) is 13.0. The Bertz CT molecular complexity index is 289. The van der Waals surface area contributed by atoms with Crippen LogP contribution in [0.1, 0.15) is 18.4 Å². The molecule has 4 heteroatoms. The molecule has 0 spiro atoms. The molecular formula is C11H17N3O. The first-order chi connectivity index (χ1) is 7.38. The normalized spacial score (nSPS) is 19.2. The third kappa shape index (κ3) is 2.89. The summed E-state index contributed by atoms with van der Waals surface area (Å²) >= 11 is 0. The molecule has 4 nitrogen and oxygen atoms in total. The van der Waals surface area contributed by atoms with Crippen LogP contribution < -0.4 is 0 Å². The maximum absolute atomic E-state index is 10.6. The molecular weight excluding hydrogens is 190 g/mol. The van der Waals surface area contributed by atoms with Crippen LogP contribution in [0.3, 0.4) is 0 Å². The number of aldehydes is 1. The molecule has 1 saturated heterocycles. The van der Waals surface area contributed by atoms with Gasteiger partial charge in [-0.3, -0.25) is 5.10 Å². The number of carbonyl (C=O) groups excluding carboxylic acids is 1. The fourth-order valence-corrected chi connectivity index (χ4v) is 2.01. The van der Waals surface area contributed by atoms with Crippen LogP contribution in [0.5, 0.6) is 0 Å². The summed E-state index contributed by atoms with van der Waals surface area (Å²) in [6.07, 6.45) is 8.01. The third-order valence-corrected chi connectivity index (χ3v) is 3.10. The molecule has 0 radical (unpaired) electrons. The van der Waals surface area contributed by atoms with Crippen molar-refractivity contribution in [2.45, 2.75) is 19.3 Å². The topological polar surface area (TPSA) is 49.0 Å². The van der Waals surface area contributed by atoms with Crippen LogP contribution in [0, 0.1) is 5.92 Å². The van der Waals surface area contributed by atoms with Gasteiger partial charge in [-0.1, -0.05) is 0 Å². The van der Waals surface area contributed by atoms with Gasteiger partial charge in [0.25, 0.3) is 0 Å². The van der Waals surface area contributed by atoms with E-state index < -0.39 is 0 Å². The van der Waals surface area contributed by atoms with E-state index in [9.17, 15) is 4.79 Å². The van der Waals surface area contributed by atoms with E-state index in [0.29, 0.717) is 5.92 Å². The smallest absolute Gasteiger partial charge is 0.123 e. The Hall–Kier alpha value is -1.16. The van der Waals surface area contributed by atoms with Crippen LogP contribution in [0.2, 0.25) is 0 Å². The maximum atomic E-state index is 10.6. The predicted octanol–water partition coefficient (Wildman–Crippen LogP) is 0.863. The summed E-state index contributed by atoms with van der Waals surface area (Å²) in [5.41, 5.74) is 1.26. The highest BCUT2D eigenvalue weighted by Gasteiger charge is 2.17. The second-order valence-electron chi connectivity index (χ2n) is 4.17. The van der Waals surface area contributed by atoms with Crippen molar-refractivity contribution in [3.63, 3.8) is 0 Å². The Morgan fingerprint density at radius 3 is 2.93 bits per heavy atom. The molecule has 2 heterocycles. The minimum atomic E-state index is 0.301. The number of H-pyrrole nitrogens is 1. The van der Waals surface area contributed by atoms with Gasteiger partial charge >= 0.3 is 0 Å². The quantitative estimate of drug-likeness (QED) is 0.745. The van der Waals surface area contributed by atoms with Gasteiger partial charge in [0.15, 0.2) is 0 Å². The van der Waals surface area contributed by atoms with Crippen molar-refractivity contribution >= 4 is 6.29 Å². The molecule has 0 aliphatic carbocycles. The number of piperidine rings is 1. The average Bonchev–Trinajstić information content (AvgIpc) is 2.80. The minimum absolute atomic E-state index is 0.301. The fourth-order valence-electron chi connectivity index (χ4n) is 2.01. The van der Waals surface area contributed by atoms with Crippen molar-refractivity contribution in [1.29, 1.82) is 0 Å². The van der Waals surface area contributed by atoms with Crippen molar-refractivity contribution < 1.29 is 4.79 Å². The number of carbonyl (C=O) groups is 1. The van der Waals surface area contributed by atoms with Crippen LogP contribution in [0.4, 0.5) is 0 Å². The lowest BCUT2D eigenvalue weighted by molar-refractivity contribution is -0.112. The summed E-state index contributed by atoms with van der Waals surface area (Å²) < 4.78 is 0. The monoisotopic (exact) mass is 207 g/mol. The average molecular weight is 207 g/mol. The van der Waals surface area contributed by atoms with Crippen LogP contribution in [0.25, 0.3) is 0 Å². The predicted molar refractivity (Wildman–Crippen MR) is 57.5 cm³/mol. The number of nitrogens with one attached hydrogen (secondary N) is 1. The van der Waals surface area contributed by atoms with Gasteiger partial charge in [-0.25, -0.2) is 0 Å². The highest BCUT2D eigenvalue weighted by atomic mass is 16.1. The largest absolute Gasteiger partial charge is 0.303 e. The summed E-state index contributed by atoms with van der Waals surface area (Å²) in [6.45, 7) is 3.19. The molecule has 1 aliphatic heterocycles. The molecule has 1 N–H and O–H groups in total. The molecule has 1 fully saturated rings. The highest BCUT2D eigenvalue weighted by Crippen LogP contribution is 2.14.